The van der Waals surface area contributed by atoms with Gasteiger partial charge in [0.15, 0.2) is 11.5 Å². The summed E-state index contributed by atoms with van der Waals surface area (Å²) in [6, 6.07) is 4.08. The fourth-order valence-corrected chi connectivity index (χ4v) is 3.23. The molecule has 0 saturated heterocycles. The van der Waals surface area contributed by atoms with Crippen molar-refractivity contribution in [3.63, 3.8) is 0 Å². The Bertz CT molecular complexity index is 1040. The van der Waals surface area contributed by atoms with Crippen LogP contribution in [0.25, 0.3) is 0 Å². The minimum absolute atomic E-state index is 0.148. The Labute approximate surface area is 235 Å². The van der Waals surface area contributed by atoms with Crippen LogP contribution in [0.1, 0.15) is 80.7 Å². The van der Waals surface area contributed by atoms with Gasteiger partial charge in [0.1, 0.15) is 22.8 Å². The second kappa shape index (κ2) is 14.2. The van der Waals surface area contributed by atoms with E-state index < -0.39 is 47.3 Å². The largest absolute Gasteiger partial charge is 0.514 e. The van der Waals surface area contributed by atoms with Gasteiger partial charge in [-0.25, -0.2) is 14.4 Å². The fraction of sp³-hybridized carbons (Fsp3) is 0.643. The van der Waals surface area contributed by atoms with Crippen LogP contribution in [0.5, 0.6) is 11.5 Å². The third-order valence-electron chi connectivity index (χ3n) is 5.25. The Kier molecular flexibility index (Phi) is 12.2. The van der Waals surface area contributed by atoms with Gasteiger partial charge in [-0.2, -0.15) is 0 Å². The van der Waals surface area contributed by atoms with Crippen LogP contribution in [0.4, 0.5) is 14.4 Å². The molecule has 0 aliphatic heterocycles. The smallest absolute Gasteiger partial charge is 0.480 e. The molecule has 1 aromatic carbocycles. The van der Waals surface area contributed by atoms with Crippen LogP contribution in [0.2, 0.25) is 0 Å². The summed E-state index contributed by atoms with van der Waals surface area (Å²) >= 11 is 0. The normalized spacial score (nSPS) is 14.7. The average Bonchev–Trinajstić information content (AvgIpc) is 2.76. The van der Waals surface area contributed by atoms with Gasteiger partial charge in [-0.3, -0.25) is 4.79 Å². The number of carbonyl (C=O) groups excluding carboxylic acids is 3. The molecule has 3 atom stereocenters. The van der Waals surface area contributed by atoms with Crippen molar-refractivity contribution in [1.82, 2.24) is 0 Å². The highest BCUT2D eigenvalue weighted by atomic mass is 16.8. The minimum Gasteiger partial charge on any atom is -0.480 e. The first-order valence-electron chi connectivity index (χ1n) is 13.0. The van der Waals surface area contributed by atoms with Crippen molar-refractivity contribution < 1.29 is 52.7 Å². The quantitative estimate of drug-likeness (QED) is 0.192. The molecule has 0 spiro atoms. The molecule has 0 saturated carbocycles. The van der Waals surface area contributed by atoms with Crippen LogP contribution < -0.4 is 15.2 Å². The Balaban J connectivity index is 3.17. The summed E-state index contributed by atoms with van der Waals surface area (Å²) in [5, 5.41) is 9.92. The van der Waals surface area contributed by atoms with Gasteiger partial charge in [0.25, 0.3) is 0 Å². The highest BCUT2D eigenvalue weighted by Gasteiger charge is 2.37. The molecule has 0 fully saturated rings. The monoisotopic (exact) mass is 569 g/mol. The minimum atomic E-state index is -1.88. The number of ether oxygens (including phenoxy) is 6. The van der Waals surface area contributed by atoms with Crippen LogP contribution in [-0.2, 0) is 30.2 Å². The number of hydrogen-bond acceptors (Lipinski definition) is 11. The molecule has 1 rings (SSSR count). The summed E-state index contributed by atoms with van der Waals surface area (Å²) in [6.45, 7) is 15.4. The highest BCUT2D eigenvalue weighted by Crippen LogP contribution is 2.32. The summed E-state index contributed by atoms with van der Waals surface area (Å²) in [7, 11) is 0. The lowest BCUT2D eigenvalue weighted by Gasteiger charge is -2.28. The Morgan fingerprint density at radius 1 is 0.875 bits per heavy atom. The Morgan fingerprint density at radius 3 is 1.88 bits per heavy atom. The number of nitrogens with two attached hydrogens (primary N) is 1. The highest BCUT2D eigenvalue weighted by molar-refractivity contribution is 5.79. The second-order valence-corrected chi connectivity index (χ2v) is 11.8. The van der Waals surface area contributed by atoms with E-state index in [2.05, 4.69) is 0 Å². The molecule has 40 heavy (non-hydrogen) atoms. The molecule has 0 aromatic heterocycles. The van der Waals surface area contributed by atoms with Crippen molar-refractivity contribution >= 4 is 24.4 Å². The summed E-state index contributed by atoms with van der Waals surface area (Å²) in [4.78, 5) is 48.8. The molecule has 0 radical (unpaired) electrons. The van der Waals surface area contributed by atoms with E-state index >= 15 is 0 Å². The number of rotatable bonds is 11. The zero-order valence-corrected chi connectivity index (χ0v) is 24.8. The van der Waals surface area contributed by atoms with Crippen molar-refractivity contribution in [2.24, 2.45) is 11.7 Å². The number of hydrogen-bond donors (Lipinski definition) is 2. The Morgan fingerprint density at radius 2 is 1.40 bits per heavy atom. The SMILES string of the molecule is CCC(C)COC(=O)O[C@@H](C)CC(N)(Cc1ccc(OC(=O)OC(C)(C)C)c(OC(=O)OC(C)(C)C)c1)C(=O)O. The zero-order valence-electron chi connectivity index (χ0n) is 24.8. The maximum atomic E-state index is 12.4. The Hall–Kier alpha value is -3.54. The number of carboxylic acid groups (broad SMARTS) is 1. The third-order valence-corrected chi connectivity index (χ3v) is 5.25. The summed E-state index contributed by atoms with van der Waals surface area (Å²) in [6.07, 6.45) is -3.62. The lowest BCUT2D eigenvalue weighted by molar-refractivity contribution is -0.144. The van der Waals surface area contributed by atoms with Crippen molar-refractivity contribution in [3.05, 3.63) is 23.8 Å². The van der Waals surface area contributed by atoms with Crippen LogP contribution in [0.15, 0.2) is 18.2 Å². The van der Waals surface area contributed by atoms with E-state index in [1.165, 1.54) is 25.1 Å². The molecule has 12 heteroatoms. The maximum Gasteiger partial charge on any atom is 0.514 e. The van der Waals surface area contributed by atoms with Gasteiger partial charge in [0, 0.05) is 12.8 Å². The van der Waals surface area contributed by atoms with Crippen LogP contribution in [-0.4, -0.2) is 59.0 Å². The average molecular weight is 570 g/mol. The molecular weight excluding hydrogens is 526 g/mol. The summed E-state index contributed by atoms with van der Waals surface area (Å²) < 4.78 is 31.1. The predicted octanol–water partition coefficient (Wildman–Crippen LogP) is 5.62. The lowest BCUT2D eigenvalue weighted by Crippen LogP contribution is -2.52. The van der Waals surface area contributed by atoms with Crippen molar-refractivity contribution in [2.75, 3.05) is 6.61 Å². The first-order chi connectivity index (χ1) is 18.2. The molecule has 1 aromatic rings. The molecule has 0 aliphatic rings. The standard InChI is InChI=1S/C28H43NO11/c1-10-17(2)16-35-23(32)36-18(3)14-28(29,22(30)31)15-19-11-12-20(37-24(33)39-26(4,5)6)21(13-19)38-25(34)40-27(7,8)9/h11-13,17-18H,10,14-16,29H2,1-9H3,(H,30,31)/t17?,18-,28?/m0/s1. The molecule has 3 N–H and O–H groups in total. The number of aliphatic carboxylic acids is 1. The van der Waals surface area contributed by atoms with Crippen LogP contribution in [0, 0.1) is 5.92 Å². The topological polar surface area (TPSA) is 170 Å². The number of carboxylic acids is 1. The van der Waals surface area contributed by atoms with E-state index in [0.717, 1.165) is 6.42 Å². The van der Waals surface area contributed by atoms with E-state index in [4.69, 9.17) is 34.2 Å². The lowest BCUT2D eigenvalue weighted by atomic mass is 9.86. The van der Waals surface area contributed by atoms with Crippen molar-refractivity contribution in [2.45, 2.75) is 104 Å². The van der Waals surface area contributed by atoms with Gasteiger partial charge in [0.2, 0.25) is 0 Å². The molecule has 0 aliphatic carbocycles. The van der Waals surface area contributed by atoms with Gasteiger partial charge in [-0.15, -0.1) is 0 Å². The van der Waals surface area contributed by atoms with Gasteiger partial charge >= 0.3 is 24.4 Å². The molecule has 0 heterocycles. The maximum absolute atomic E-state index is 12.4. The van der Waals surface area contributed by atoms with E-state index in [1.807, 2.05) is 13.8 Å². The third kappa shape index (κ3) is 13.0. The molecule has 0 bridgehead atoms. The summed E-state index contributed by atoms with van der Waals surface area (Å²) in [5.41, 5.74) is 2.97. The molecule has 12 nitrogen and oxygen atoms in total. The fourth-order valence-electron chi connectivity index (χ4n) is 3.23. The predicted molar refractivity (Wildman–Crippen MR) is 144 cm³/mol. The van der Waals surface area contributed by atoms with E-state index in [9.17, 15) is 24.3 Å². The first-order valence-corrected chi connectivity index (χ1v) is 13.0. The number of carbonyl (C=O) groups is 4. The second-order valence-electron chi connectivity index (χ2n) is 11.8. The van der Waals surface area contributed by atoms with E-state index in [1.54, 1.807) is 41.5 Å². The molecular formula is C28H43NO11. The van der Waals surface area contributed by atoms with Crippen LogP contribution >= 0.6 is 0 Å². The molecule has 2 unspecified atom stereocenters. The van der Waals surface area contributed by atoms with Crippen molar-refractivity contribution in [1.29, 1.82) is 0 Å². The van der Waals surface area contributed by atoms with E-state index in [-0.39, 0.29) is 36.9 Å². The molecule has 226 valence electrons. The van der Waals surface area contributed by atoms with Crippen molar-refractivity contribution in [3.8, 4) is 11.5 Å². The first kappa shape index (κ1) is 34.5. The number of benzene rings is 1. The van der Waals surface area contributed by atoms with Gasteiger partial charge in [-0.1, -0.05) is 26.3 Å². The molecule has 0 amide bonds. The van der Waals surface area contributed by atoms with E-state index in [0.29, 0.717) is 5.56 Å². The van der Waals surface area contributed by atoms with Crippen LogP contribution in [0.3, 0.4) is 0 Å². The van der Waals surface area contributed by atoms with Gasteiger partial charge < -0.3 is 39.3 Å². The van der Waals surface area contributed by atoms with Gasteiger partial charge in [-0.05, 0) is 72.1 Å². The van der Waals surface area contributed by atoms with Gasteiger partial charge in [0.05, 0.1) is 6.61 Å². The summed E-state index contributed by atoms with van der Waals surface area (Å²) in [5.74, 6) is -1.58. The zero-order chi connectivity index (χ0) is 30.9.